The Morgan fingerprint density at radius 2 is 1.59 bits per heavy atom. The number of alkyl halides is 3. The summed E-state index contributed by atoms with van der Waals surface area (Å²) in [5.74, 6) is 0.230. The predicted molar refractivity (Wildman–Crippen MR) is 194 cm³/mol. The van der Waals surface area contributed by atoms with E-state index in [-0.39, 0.29) is 24.4 Å². The zero-order valence-electron chi connectivity index (χ0n) is 31.0. The Morgan fingerprint density at radius 3 is 2.22 bits per heavy atom. The van der Waals surface area contributed by atoms with Crippen LogP contribution in [-0.2, 0) is 27.9 Å². The molecule has 1 aliphatic rings. The molecule has 0 saturated carbocycles. The fraction of sp³-hybridized carbons (Fsp3) is 0.410. The number of piperidine rings is 1. The van der Waals surface area contributed by atoms with Crippen molar-refractivity contribution >= 4 is 28.9 Å². The summed E-state index contributed by atoms with van der Waals surface area (Å²) in [5.41, 5.74) is 1.11. The van der Waals surface area contributed by atoms with Crippen molar-refractivity contribution < 1.29 is 41.5 Å². The van der Waals surface area contributed by atoms with Crippen LogP contribution < -0.4 is 14.8 Å². The summed E-state index contributed by atoms with van der Waals surface area (Å²) >= 11 is 0. The van der Waals surface area contributed by atoms with Crippen molar-refractivity contribution in [3.05, 3.63) is 83.7 Å². The topological polar surface area (TPSA) is 134 Å². The molecular formula is C39H43F3N6O6. The number of halogens is 3. The number of likely N-dealkylation sites (tertiary alicyclic amines) is 1. The number of methoxy groups -OCH3 is 1. The van der Waals surface area contributed by atoms with Gasteiger partial charge in [0.25, 0.3) is 0 Å². The second kappa shape index (κ2) is 15.0. The second-order valence-corrected chi connectivity index (χ2v) is 14.8. The summed E-state index contributed by atoms with van der Waals surface area (Å²) in [6.07, 6.45) is -2.13. The van der Waals surface area contributed by atoms with Crippen LogP contribution in [0.4, 0.5) is 23.8 Å². The molecule has 286 valence electrons. The minimum absolute atomic E-state index is 0.0364. The van der Waals surface area contributed by atoms with E-state index in [1.165, 1.54) is 0 Å². The molecule has 0 radical (unpaired) electrons. The van der Waals surface area contributed by atoms with Crippen LogP contribution in [-0.4, -0.2) is 74.9 Å². The molecule has 4 heterocycles. The maximum atomic E-state index is 13.4. The van der Waals surface area contributed by atoms with Gasteiger partial charge in [-0.1, -0.05) is 41.6 Å². The Balaban J connectivity index is 1.18. The summed E-state index contributed by atoms with van der Waals surface area (Å²) < 4.78 is 64.2. The van der Waals surface area contributed by atoms with E-state index in [1.54, 1.807) is 35.0 Å². The summed E-state index contributed by atoms with van der Waals surface area (Å²) in [4.78, 5) is 31.8. The van der Waals surface area contributed by atoms with Gasteiger partial charge in [0.1, 0.15) is 22.9 Å². The first-order chi connectivity index (χ1) is 25.5. The molecule has 2 aromatic carbocycles. The molecule has 0 bridgehead atoms. The third-order valence-electron chi connectivity index (χ3n) is 9.17. The SMILES string of the molecule is COc1ccc(Cn2nc(OC3CCN(C(=O)OC(C)(C)C)CC3)c3cc(-c4ccc(CC(=O)Nc5cc(C(C)(C)C(F)(F)F)on5)cc4)cnc32)cc1. The van der Waals surface area contributed by atoms with E-state index >= 15 is 0 Å². The molecule has 0 spiro atoms. The molecule has 6 rings (SSSR count). The molecule has 1 saturated heterocycles. The Hall–Kier alpha value is -5.60. The highest BCUT2D eigenvalue weighted by Gasteiger charge is 2.51. The van der Waals surface area contributed by atoms with Gasteiger partial charge in [0.05, 0.1) is 25.5 Å². The Kier molecular flexibility index (Phi) is 10.6. The molecular weight excluding hydrogens is 705 g/mol. The molecule has 2 amide bonds. The molecule has 15 heteroatoms. The lowest BCUT2D eigenvalue weighted by Crippen LogP contribution is -2.44. The largest absolute Gasteiger partial charge is 0.497 e. The Labute approximate surface area is 310 Å². The van der Waals surface area contributed by atoms with Gasteiger partial charge in [0.15, 0.2) is 17.2 Å². The number of rotatable bonds is 10. The molecule has 1 aliphatic heterocycles. The minimum Gasteiger partial charge on any atom is -0.497 e. The van der Waals surface area contributed by atoms with Crippen LogP contribution in [0.25, 0.3) is 22.2 Å². The fourth-order valence-corrected chi connectivity index (χ4v) is 5.89. The number of fused-ring (bicyclic) bond motifs is 1. The van der Waals surface area contributed by atoms with Crippen molar-refractivity contribution in [1.82, 2.24) is 24.8 Å². The van der Waals surface area contributed by atoms with E-state index in [0.717, 1.165) is 47.7 Å². The van der Waals surface area contributed by atoms with Crippen molar-refractivity contribution in [2.75, 3.05) is 25.5 Å². The van der Waals surface area contributed by atoms with Gasteiger partial charge in [0.2, 0.25) is 11.8 Å². The average Bonchev–Trinajstić information content (AvgIpc) is 3.72. The number of nitrogens with zero attached hydrogens (tertiary/aromatic N) is 5. The number of aromatic nitrogens is 4. The van der Waals surface area contributed by atoms with Gasteiger partial charge < -0.3 is 29.0 Å². The lowest BCUT2D eigenvalue weighted by molar-refractivity contribution is -0.185. The van der Waals surface area contributed by atoms with E-state index in [1.807, 2.05) is 63.2 Å². The van der Waals surface area contributed by atoms with Gasteiger partial charge >= 0.3 is 12.3 Å². The monoisotopic (exact) mass is 748 g/mol. The molecule has 54 heavy (non-hydrogen) atoms. The van der Waals surface area contributed by atoms with Crippen LogP contribution in [0, 0.1) is 0 Å². The molecule has 0 atom stereocenters. The van der Waals surface area contributed by atoms with Crippen molar-refractivity contribution in [2.45, 2.75) is 83.7 Å². The molecule has 3 aromatic heterocycles. The number of anilines is 1. The highest BCUT2D eigenvalue weighted by molar-refractivity contribution is 5.91. The summed E-state index contributed by atoms with van der Waals surface area (Å²) in [5, 5.41) is 11.7. The van der Waals surface area contributed by atoms with Gasteiger partial charge in [-0.3, -0.25) is 4.79 Å². The third-order valence-corrected chi connectivity index (χ3v) is 9.17. The number of carbonyl (C=O) groups is 2. The highest BCUT2D eigenvalue weighted by Crippen LogP contribution is 2.41. The van der Waals surface area contributed by atoms with Crippen LogP contribution in [0.15, 0.2) is 71.4 Å². The molecule has 0 aliphatic carbocycles. The number of ether oxygens (including phenoxy) is 3. The van der Waals surface area contributed by atoms with E-state index < -0.39 is 28.9 Å². The van der Waals surface area contributed by atoms with E-state index in [2.05, 4.69) is 10.5 Å². The first-order valence-electron chi connectivity index (χ1n) is 17.6. The van der Waals surface area contributed by atoms with Gasteiger partial charge in [-0.05, 0) is 69.5 Å². The van der Waals surface area contributed by atoms with E-state index in [0.29, 0.717) is 49.6 Å². The van der Waals surface area contributed by atoms with Crippen molar-refractivity contribution in [2.24, 2.45) is 0 Å². The number of nitrogens with one attached hydrogen (secondary N) is 1. The number of carbonyl (C=O) groups excluding carboxylic acids is 2. The number of hydrogen-bond donors (Lipinski definition) is 1. The summed E-state index contributed by atoms with van der Waals surface area (Å²) in [7, 11) is 1.62. The molecule has 12 nitrogen and oxygen atoms in total. The highest BCUT2D eigenvalue weighted by atomic mass is 19.4. The van der Waals surface area contributed by atoms with Crippen LogP contribution in [0.1, 0.15) is 64.3 Å². The quantitative estimate of drug-likeness (QED) is 0.151. The third kappa shape index (κ3) is 8.77. The second-order valence-electron chi connectivity index (χ2n) is 14.8. The summed E-state index contributed by atoms with van der Waals surface area (Å²) in [6.45, 7) is 8.92. The standard InChI is InChI=1S/C39H43F3N6O6/c1-37(2,3)53-36(50)47-17-15-29(16-18-47)52-35-30-20-27(22-43-34(30)48(45-35)23-25-9-13-28(51-6)14-10-25)26-11-7-24(8-12-26)19-33(49)44-32-21-31(54-46-32)38(4,5)39(40,41)42/h7-14,20-22,29H,15-19,23H2,1-6H3,(H,44,46,49). The Morgan fingerprint density at radius 1 is 0.926 bits per heavy atom. The van der Waals surface area contributed by atoms with Crippen LogP contribution >= 0.6 is 0 Å². The van der Waals surface area contributed by atoms with Crippen molar-refractivity contribution in [3.63, 3.8) is 0 Å². The van der Waals surface area contributed by atoms with E-state index in [9.17, 15) is 22.8 Å². The fourth-order valence-electron chi connectivity index (χ4n) is 5.89. The number of hydrogen-bond acceptors (Lipinski definition) is 9. The molecule has 5 aromatic rings. The zero-order chi connectivity index (χ0) is 38.8. The number of amides is 2. The maximum Gasteiger partial charge on any atom is 0.410 e. The first kappa shape index (κ1) is 38.1. The summed E-state index contributed by atoms with van der Waals surface area (Å²) in [6, 6.07) is 18.1. The van der Waals surface area contributed by atoms with Gasteiger partial charge in [0, 0.05) is 43.8 Å². The van der Waals surface area contributed by atoms with Crippen LogP contribution in [0.5, 0.6) is 11.6 Å². The average molecular weight is 749 g/mol. The predicted octanol–water partition coefficient (Wildman–Crippen LogP) is 7.94. The van der Waals surface area contributed by atoms with Crippen LogP contribution in [0.3, 0.4) is 0 Å². The lowest BCUT2D eigenvalue weighted by atomic mass is 9.89. The normalized spacial score (nSPS) is 14.3. The Bertz CT molecular complexity index is 2090. The van der Waals surface area contributed by atoms with Gasteiger partial charge in [-0.2, -0.15) is 13.2 Å². The number of pyridine rings is 1. The number of benzene rings is 2. The molecule has 1 N–H and O–H groups in total. The van der Waals surface area contributed by atoms with Crippen LogP contribution in [0.2, 0.25) is 0 Å². The smallest absolute Gasteiger partial charge is 0.410 e. The van der Waals surface area contributed by atoms with Gasteiger partial charge in [-0.25, -0.2) is 14.5 Å². The van der Waals surface area contributed by atoms with Crippen molar-refractivity contribution in [1.29, 1.82) is 0 Å². The molecule has 1 fully saturated rings. The first-order valence-corrected chi connectivity index (χ1v) is 17.6. The van der Waals surface area contributed by atoms with Gasteiger partial charge in [-0.15, -0.1) is 5.10 Å². The lowest BCUT2D eigenvalue weighted by Gasteiger charge is -2.33. The molecule has 0 unspecified atom stereocenters. The van der Waals surface area contributed by atoms with E-state index in [4.69, 9.17) is 28.8 Å². The minimum atomic E-state index is -4.55. The zero-order valence-corrected chi connectivity index (χ0v) is 31.0. The maximum absolute atomic E-state index is 13.4. The van der Waals surface area contributed by atoms with Crippen molar-refractivity contribution in [3.8, 4) is 22.8 Å².